The molecule has 9 heteroatoms. The van der Waals surface area contributed by atoms with Gasteiger partial charge in [0.1, 0.15) is 11.5 Å². The summed E-state index contributed by atoms with van der Waals surface area (Å²) in [7, 11) is 0. The highest BCUT2D eigenvalue weighted by Gasteiger charge is 2.15. The fourth-order valence-corrected chi connectivity index (χ4v) is 4.41. The number of carbonyl (C=O) groups excluding carboxylic acids is 2. The van der Waals surface area contributed by atoms with Crippen molar-refractivity contribution in [2.24, 2.45) is 0 Å². The van der Waals surface area contributed by atoms with Crippen LogP contribution >= 0.6 is 11.3 Å². The van der Waals surface area contributed by atoms with Gasteiger partial charge in [-0.2, -0.15) is 5.10 Å². The predicted molar refractivity (Wildman–Crippen MR) is 132 cm³/mol. The number of anilines is 1. The van der Waals surface area contributed by atoms with E-state index < -0.39 is 0 Å². The Kier molecular flexibility index (Phi) is 6.93. The van der Waals surface area contributed by atoms with Gasteiger partial charge in [0.2, 0.25) is 11.8 Å². The van der Waals surface area contributed by atoms with E-state index in [9.17, 15) is 9.59 Å². The summed E-state index contributed by atoms with van der Waals surface area (Å²) in [5.74, 6) is 0.871. The number of nitrogens with zero attached hydrogens (tertiary/aromatic N) is 2. The van der Waals surface area contributed by atoms with Crippen LogP contribution in [0.5, 0.6) is 0 Å². The predicted octanol–water partition coefficient (Wildman–Crippen LogP) is 4.86. The van der Waals surface area contributed by atoms with E-state index in [1.54, 1.807) is 0 Å². The van der Waals surface area contributed by atoms with Crippen LogP contribution in [0.25, 0.3) is 11.5 Å². The van der Waals surface area contributed by atoms with E-state index in [0.717, 1.165) is 27.4 Å². The van der Waals surface area contributed by atoms with E-state index in [0.29, 0.717) is 40.8 Å². The highest BCUT2D eigenvalue weighted by atomic mass is 32.1. The van der Waals surface area contributed by atoms with Crippen molar-refractivity contribution in [3.8, 4) is 11.5 Å². The van der Waals surface area contributed by atoms with Gasteiger partial charge in [0.25, 0.3) is 5.91 Å². The lowest BCUT2D eigenvalue weighted by Crippen LogP contribution is -2.23. The lowest BCUT2D eigenvalue weighted by atomic mass is 10.1. The average Bonchev–Trinajstić information content (AvgIpc) is 3.50. The number of aromatic nitrogens is 3. The first-order valence-electron chi connectivity index (χ1n) is 11.0. The summed E-state index contributed by atoms with van der Waals surface area (Å²) in [6, 6.07) is 11.1. The molecule has 4 aromatic rings. The third-order valence-corrected chi connectivity index (χ3v) is 6.56. The zero-order valence-corrected chi connectivity index (χ0v) is 20.4. The normalized spacial score (nSPS) is 10.9. The second kappa shape index (κ2) is 10.0. The maximum atomic E-state index is 12.5. The van der Waals surface area contributed by atoms with Crippen LogP contribution in [0.3, 0.4) is 0 Å². The molecule has 0 fully saturated rings. The number of hydrogen-bond acceptors (Lipinski definition) is 6. The molecule has 3 N–H and O–H groups in total. The van der Waals surface area contributed by atoms with Crippen molar-refractivity contribution < 1.29 is 14.0 Å². The number of oxazole rings is 1. The van der Waals surface area contributed by atoms with Crippen LogP contribution in [0, 0.1) is 27.7 Å². The van der Waals surface area contributed by atoms with Crippen molar-refractivity contribution >= 4 is 28.8 Å². The Morgan fingerprint density at radius 3 is 2.65 bits per heavy atom. The van der Waals surface area contributed by atoms with Gasteiger partial charge >= 0.3 is 0 Å². The summed E-state index contributed by atoms with van der Waals surface area (Å²) in [6.07, 6.45) is 1.00. The fraction of sp³-hybridized carbons (Fsp3) is 0.280. The van der Waals surface area contributed by atoms with Gasteiger partial charge in [-0.25, -0.2) is 4.98 Å². The zero-order valence-electron chi connectivity index (χ0n) is 19.6. The van der Waals surface area contributed by atoms with Crippen molar-refractivity contribution in [3.05, 3.63) is 74.6 Å². The number of amides is 2. The summed E-state index contributed by atoms with van der Waals surface area (Å²) < 4.78 is 5.85. The first-order valence-corrected chi connectivity index (χ1v) is 11.8. The zero-order chi connectivity index (χ0) is 24.2. The highest BCUT2D eigenvalue weighted by Crippen LogP contribution is 2.25. The summed E-state index contributed by atoms with van der Waals surface area (Å²) in [4.78, 5) is 31.1. The van der Waals surface area contributed by atoms with Gasteiger partial charge in [0.05, 0.1) is 17.1 Å². The molecule has 0 bridgehead atoms. The van der Waals surface area contributed by atoms with Crippen molar-refractivity contribution in [1.29, 1.82) is 0 Å². The van der Waals surface area contributed by atoms with E-state index in [1.807, 2.05) is 64.1 Å². The minimum atomic E-state index is -0.150. The fourth-order valence-electron chi connectivity index (χ4n) is 3.65. The van der Waals surface area contributed by atoms with E-state index >= 15 is 0 Å². The van der Waals surface area contributed by atoms with Crippen LogP contribution in [0.2, 0.25) is 0 Å². The topological polar surface area (TPSA) is 113 Å². The van der Waals surface area contributed by atoms with Crippen LogP contribution in [-0.4, -0.2) is 27.0 Å². The summed E-state index contributed by atoms with van der Waals surface area (Å²) in [5.41, 5.74) is 5.06. The molecule has 176 valence electrons. The summed E-state index contributed by atoms with van der Waals surface area (Å²) >= 11 is 1.45. The lowest BCUT2D eigenvalue weighted by molar-refractivity contribution is -0.121. The Labute approximate surface area is 201 Å². The first-order chi connectivity index (χ1) is 16.3. The molecule has 0 spiro atoms. The van der Waals surface area contributed by atoms with Crippen LogP contribution in [0.15, 0.2) is 40.8 Å². The molecule has 2 amide bonds. The molecule has 0 atom stereocenters. The largest absolute Gasteiger partial charge is 0.441 e. The van der Waals surface area contributed by atoms with Crippen molar-refractivity contribution in [1.82, 2.24) is 20.5 Å². The average molecular weight is 478 g/mol. The summed E-state index contributed by atoms with van der Waals surface area (Å²) in [5, 5.41) is 12.9. The van der Waals surface area contributed by atoms with E-state index in [2.05, 4.69) is 25.8 Å². The molecule has 4 rings (SSSR count). The maximum absolute atomic E-state index is 12.5. The van der Waals surface area contributed by atoms with Gasteiger partial charge in [0.15, 0.2) is 0 Å². The summed E-state index contributed by atoms with van der Waals surface area (Å²) in [6.45, 7) is 7.96. The van der Waals surface area contributed by atoms with Gasteiger partial charge in [-0.15, -0.1) is 11.3 Å². The molecule has 0 aliphatic heterocycles. The maximum Gasteiger partial charge on any atom is 0.265 e. The van der Waals surface area contributed by atoms with Crippen LogP contribution in [0.4, 0.5) is 5.69 Å². The van der Waals surface area contributed by atoms with Crippen molar-refractivity contribution in [2.75, 3.05) is 5.32 Å². The lowest BCUT2D eigenvalue weighted by Gasteiger charge is -2.05. The number of aromatic amines is 1. The minimum absolute atomic E-state index is 0.0579. The molecule has 0 radical (unpaired) electrons. The number of rotatable bonds is 8. The number of nitrogens with one attached hydrogen (secondary N) is 3. The van der Waals surface area contributed by atoms with Gasteiger partial charge in [-0.3, -0.25) is 14.7 Å². The molecular weight excluding hydrogens is 450 g/mol. The number of carbonyl (C=O) groups is 2. The van der Waals surface area contributed by atoms with Gasteiger partial charge < -0.3 is 15.1 Å². The van der Waals surface area contributed by atoms with Crippen molar-refractivity contribution in [2.45, 2.75) is 47.1 Å². The quantitative estimate of drug-likeness (QED) is 0.335. The van der Waals surface area contributed by atoms with E-state index in [-0.39, 0.29) is 18.4 Å². The standard InChI is InChI=1S/C25H27N5O3S/c1-14-8-10-22(34-14)24(32)27-19-7-5-6-18(12-19)25-28-21(17(4)33-25)13-26-23(31)11-9-20-15(2)29-30-16(20)3/h5-8,10,12H,9,11,13H2,1-4H3,(H,26,31)(H,27,32)(H,29,30). The highest BCUT2D eigenvalue weighted by molar-refractivity contribution is 7.14. The van der Waals surface area contributed by atoms with Crippen LogP contribution in [-0.2, 0) is 17.8 Å². The Morgan fingerprint density at radius 1 is 1.12 bits per heavy atom. The monoisotopic (exact) mass is 477 g/mol. The first kappa shape index (κ1) is 23.4. The molecule has 0 aliphatic carbocycles. The molecule has 34 heavy (non-hydrogen) atoms. The smallest absolute Gasteiger partial charge is 0.265 e. The van der Waals surface area contributed by atoms with Crippen LogP contribution in [0.1, 0.15) is 49.4 Å². The number of hydrogen-bond donors (Lipinski definition) is 3. The molecular formula is C25H27N5O3S. The third kappa shape index (κ3) is 5.43. The van der Waals surface area contributed by atoms with Gasteiger partial charge in [-0.05, 0) is 70.0 Å². The molecule has 3 heterocycles. The Bertz CT molecular complexity index is 1310. The SMILES string of the molecule is Cc1ccc(C(=O)Nc2cccc(-c3nc(CNC(=O)CCc4c(C)n[nH]c4C)c(C)o3)c2)s1. The number of thiophene rings is 1. The Balaban J connectivity index is 1.37. The number of benzene rings is 1. The Hall–Kier alpha value is -3.72. The molecule has 0 aliphatic rings. The molecule has 0 unspecified atom stereocenters. The molecule has 1 aromatic carbocycles. The third-order valence-electron chi connectivity index (χ3n) is 5.56. The molecule has 0 saturated carbocycles. The second-order valence-electron chi connectivity index (χ2n) is 8.16. The van der Waals surface area contributed by atoms with Gasteiger partial charge in [0, 0.05) is 28.2 Å². The molecule has 8 nitrogen and oxygen atoms in total. The van der Waals surface area contributed by atoms with Crippen LogP contribution < -0.4 is 10.6 Å². The van der Waals surface area contributed by atoms with E-state index in [1.165, 1.54) is 11.3 Å². The van der Waals surface area contributed by atoms with Gasteiger partial charge in [-0.1, -0.05) is 6.07 Å². The molecule has 3 aromatic heterocycles. The number of aryl methyl sites for hydroxylation is 4. The number of H-pyrrole nitrogens is 1. The molecule has 0 saturated heterocycles. The minimum Gasteiger partial charge on any atom is -0.441 e. The van der Waals surface area contributed by atoms with Crippen molar-refractivity contribution in [3.63, 3.8) is 0 Å². The van der Waals surface area contributed by atoms with E-state index in [4.69, 9.17) is 4.42 Å². The second-order valence-corrected chi connectivity index (χ2v) is 9.44. The Morgan fingerprint density at radius 2 is 1.94 bits per heavy atom.